The average Bonchev–Trinajstić information content (AvgIpc) is 3.22. The van der Waals surface area contributed by atoms with Gasteiger partial charge in [-0.05, 0) is 17.2 Å². The summed E-state index contributed by atoms with van der Waals surface area (Å²) in [6.45, 7) is 0. The molecule has 0 saturated carbocycles. The highest BCUT2D eigenvalue weighted by Gasteiger charge is 2.29. The van der Waals surface area contributed by atoms with Gasteiger partial charge in [-0.1, -0.05) is 109 Å². The second-order valence-electron chi connectivity index (χ2n) is 8.70. The van der Waals surface area contributed by atoms with Gasteiger partial charge in [0.15, 0.2) is 11.5 Å². The van der Waals surface area contributed by atoms with Gasteiger partial charge in [0.1, 0.15) is 0 Å². The van der Waals surface area contributed by atoms with Gasteiger partial charge in [-0.2, -0.15) is 0 Å². The standard InChI is InChI=1S/C32H23NO2/c1-33-25-20-12-11-19-24(25)28-26(21-13-5-2-6-14-21)27(22-15-7-3-8-16-22)29(32(35)30(28)33)31(34)23-17-9-4-10-18-23/h2-20,35H,1H3. The number of aromatic hydroxyl groups is 1. The number of aryl methyl sites for hydroxylation is 1. The molecule has 1 N–H and O–H groups in total. The van der Waals surface area contributed by atoms with E-state index in [4.69, 9.17) is 0 Å². The van der Waals surface area contributed by atoms with Crippen molar-refractivity contribution < 1.29 is 9.90 Å². The minimum Gasteiger partial charge on any atom is -0.505 e. The number of ketones is 1. The Morgan fingerprint density at radius 1 is 0.657 bits per heavy atom. The zero-order valence-electron chi connectivity index (χ0n) is 19.3. The first-order valence-electron chi connectivity index (χ1n) is 11.6. The van der Waals surface area contributed by atoms with E-state index in [-0.39, 0.29) is 11.5 Å². The SMILES string of the molecule is Cn1c2ccccc2c2c(-c3ccccc3)c(-c3ccccc3)c(C(=O)c3ccccc3)c(O)c21. The summed E-state index contributed by atoms with van der Waals surface area (Å²) in [6, 6.07) is 37.3. The topological polar surface area (TPSA) is 42.2 Å². The van der Waals surface area contributed by atoms with Crippen LogP contribution in [0.2, 0.25) is 0 Å². The molecule has 5 aromatic carbocycles. The fourth-order valence-corrected chi connectivity index (χ4v) is 5.15. The molecule has 3 heteroatoms. The van der Waals surface area contributed by atoms with Crippen LogP contribution < -0.4 is 0 Å². The maximum absolute atomic E-state index is 14.0. The van der Waals surface area contributed by atoms with E-state index in [1.165, 1.54) is 0 Å². The summed E-state index contributed by atoms with van der Waals surface area (Å²) < 4.78 is 1.99. The molecule has 0 fully saturated rings. The molecule has 168 valence electrons. The highest BCUT2D eigenvalue weighted by molar-refractivity contribution is 6.26. The van der Waals surface area contributed by atoms with Crippen LogP contribution in [0, 0.1) is 0 Å². The van der Waals surface area contributed by atoms with Crippen molar-refractivity contribution in [1.82, 2.24) is 4.57 Å². The van der Waals surface area contributed by atoms with Crippen molar-refractivity contribution in [2.75, 3.05) is 0 Å². The van der Waals surface area contributed by atoms with Gasteiger partial charge in [0.2, 0.25) is 0 Å². The summed E-state index contributed by atoms with van der Waals surface area (Å²) >= 11 is 0. The van der Waals surface area contributed by atoms with Crippen molar-refractivity contribution in [1.29, 1.82) is 0 Å². The van der Waals surface area contributed by atoms with Gasteiger partial charge < -0.3 is 9.67 Å². The van der Waals surface area contributed by atoms with Crippen molar-refractivity contribution in [2.24, 2.45) is 7.05 Å². The molecular formula is C32H23NO2. The lowest BCUT2D eigenvalue weighted by molar-refractivity contribution is 0.103. The first kappa shape index (κ1) is 20.9. The number of carbonyl (C=O) groups excluding carboxylic acids is 1. The number of para-hydroxylation sites is 1. The Morgan fingerprint density at radius 3 is 1.80 bits per heavy atom. The molecule has 0 atom stereocenters. The number of benzene rings is 5. The molecule has 6 rings (SSSR count). The molecule has 0 aliphatic heterocycles. The van der Waals surface area contributed by atoms with E-state index in [1.54, 1.807) is 12.1 Å². The molecule has 0 amide bonds. The third kappa shape index (κ3) is 3.24. The van der Waals surface area contributed by atoms with Crippen LogP contribution in [0.15, 0.2) is 115 Å². The molecule has 0 unspecified atom stereocenters. The van der Waals surface area contributed by atoms with Crippen molar-refractivity contribution in [3.05, 3.63) is 126 Å². The minimum absolute atomic E-state index is 0.00564. The summed E-state index contributed by atoms with van der Waals surface area (Å²) in [6.07, 6.45) is 0. The number of phenolic OH excluding ortho intramolecular Hbond substituents is 1. The lowest BCUT2D eigenvalue weighted by atomic mass is 9.84. The Morgan fingerprint density at radius 2 is 1.17 bits per heavy atom. The number of fused-ring (bicyclic) bond motifs is 3. The van der Waals surface area contributed by atoms with Crippen LogP contribution in [-0.2, 0) is 7.05 Å². The van der Waals surface area contributed by atoms with E-state index in [2.05, 4.69) is 18.2 Å². The van der Waals surface area contributed by atoms with Gasteiger partial charge in [-0.3, -0.25) is 4.79 Å². The Hall–Kier alpha value is -4.63. The number of rotatable bonds is 4. The fourth-order valence-electron chi connectivity index (χ4n) is 5.15. The molecule has 0 bridgehead atoms. The molecule has 1 aromatic heterocycles. The first-order valence-corrected chi connectivity index (χ1v) is 11.6. The summed E-state index contributed by atoms with van der Waals surface area (Å²) in [4.78, 5) is 14.0. The predicted molar refractivity (Wildman–Crippen MR) is 143 cm³/mol. The molecule has 0 aliphatic rings. The highest BCUT2D eigenvalue weighted by atomic mass is 16.3. The smallest absolute Gasteiger partial charge is 0.197 e. The third-order valence-electron chi connectivity index (χ3n) is 6.71. The average molecular weight is 454 g/mol. The highest BCUT2D eigenvalue weighted by Crippen LogP contribution is 2.49. The number of phenols is 1. The van der Waals surface area contributed by atoms with E-state index in [9.17, 15) is 9.90 Å². The van der Waals surface area contributed by atoms with Gasteiger partial charge in [-0.15, -0.1) is 0 Å². The van der Waals surface area contributed by atoms with Crippen LogP contribution >= 0.6 is 0 Å². The van der Waals surface area contributed by atoms with Crippen LogP contribution in [0.25, 0.3) is 44.1 Å². The van der Waals surface area contributed by atoms with Gasteiger partial charge in [0.05, 0.1) is 11.1 Å². The summed E-state index contributed by atoms with van der Waals surface area (Å²) in [5.74, 6) is -0.197. The maximum Gasteiger partial charge on any atom is 0.197 e. The van der Waals surface area contributed by atoms with E-state index in [0.29, 0.717) is 16.6 Å². The molecule has 1 heterocycles. The van der Waals surface area contributed by atoms with Crippen LogP contribution in [0.3, 0.4) is 0 Å². The monoisotopic (exact) mass is 453 g/mol. The van der Waals surface area contributed by atoms with Crippen molar-refractivity contribution in [3.8, 4) is 28.0 Å². The number of nitrogens with zero attached hydrogens (tertiary/aromatic N) is 1. The maximum atomic E-state index is 14.0. The Bertz CT molecular complexity index is 1700. The molecule has 0 aliphatic carbocycles. The Labute approximate surface area is 203 Å². The minimum atomic E-state index is -0.203. The normalized spacial score (nSPS) is 11.2. The van der Waals surface area contributed by atoms with E-state index < -0.39 is 0 Å². The molecular weight excluding hydrogens is 430 g/mol. The van der Waals surface area contributed by atoms with Crippen LogP contribution in [0.1, 0.15) is 15.9 Å². The molecule has 0 radical (unpaired) electrons. The molecule has 35 heavy (non-hydrogen) atoms. The number of aromatic nitrogens is 1. The van der Waals surface area contributed by atoms with Gasteiger partial charge >= 0.3 is 0 Å². The Balaban J connectivity index is 1.88. The van der Waals surface area contributed by atoms with Crippen LogP contribution in [-0.4, -0.2) is 15.5 Å². The third-order valence-corrected chi connectivity index (χ3v) is 6.71. The van der Waals surface area contributed by atoms with E-state index in [1.807, 2.05) is 96.5 Å². The molecule has 3 nitrogen and oxygen atoms in total. The number of hydrogen-bond acceptors (Lipinski definition) is 2. The fraction of sp³-hybridized carbons (Fsp3) is 0.0312. The van der Waals surface area contributed by atoms with E-state index in [0.717, 1.165) is 38.5 Å². The Kier molecular flexibility index (Phi) is 4.97. The van der Waals surface area contributed by atoms with Crippen molar-refractivity contribution >= 4 is 27.6 Å². The summed E-state index contributed by atoms with van der Waals surface area (Å²) in [5.41, 5.74) is 6.08. The number of carbonyl (C=O) groups is 1. The predicted octanol–water partition coefficient (Wildman–Crippen LogP) is 7.60. The summed E-state index contributed by atoms with van der Waals surface area (Å²) in [5, 5.41) is 13.8. The van der Waals surface area contributed by atoms with Crippen molar-refractivity contribution in [2.45, 2.75) is 0 Å². The lowest BCUT2D eigenvalue weighted by Crippen LogP contribution is -2.07. The second-order valence-corrected chi connectivity index (χ2v) is 8.70. The zero-order chi connectivity index (χ0) is 23.9. The second kappa shape index (κ2) is 8.30. The molecule has 0 spiro atoms. The van der Waals surface area contributed by atoms with Gasteiger partial charge in [0, 0.05) is 40.0 Å². The summed E-state index contributed by atoms with van der Waals surface area (Å²) in [7, 11) is 1.94. The van der Waals surface area contributed by atoms with Crippen molar-refractivity contribution in [3.63, 3.8) is 0 Å². The van der Waals surface area contributed by atoms with Crippen LogP contribution in [0.5, 0.6) is 5.75 Å². The largest absolute Gasteiger partial charge is 0.505 e. The van der Waals surface area contributed by atoms with E-state index >= 15 is 0 Å². The quantitative estimate of drug-likeness (QED) is 0.279. The lowest BCUT2D eigenvalue weighted by Gasteiger charge is -2.19. The van der Waals surface area contributed by atoms with Crippen LogP contribution in [0.4, 0.5) is 0 Å². The molecule has 0 saturated heterocycles. The zero-order valence-corrected chi connectivity index (χ0v) is 19.3. The van der Waals surface area contributed by atoms with Gasteiger partial charge in [-0.25, -0.2) is 0 Å². The number of hydrogen-bond donors (Lipinski definition) is 1. The molecule has 6 aromatic rings. The van der Waals surface area contributed by atoms with Gasteiger partial charge in [0.25, 0.3) is 0 Å². The first-order chi connectivity index (χ1) is 17.2.